The third-order valence-corrected chi connectivity index (χ3v) is 4.08. The van der Waals surface area contributed by atoms with Gasteiger partial charge in [-0.05, 0) is 22.7 Å². The van der Waals surface area contributed by atoms with Crippen LogP contribution < -0.4 is 0 Å². The van der Waals surface area contributed by atoms with E-state index in [-0.39, 0.29) is 0 Å². The zero-order chi connectivity index (χ0) is 7.54. The summed E-state index contributed by atoms with van der Waals surface area (Å²) in [5.74, 6) is 0. The van der Waals surface area contributed by atoms with Gasteiger partial charge in [0.15, 0.2) is 0 Å². The minimum Gasteiger partial charge on any atom is -0.428 e. The van der Waals surface area contributed by atoms with Crippen LogP contribution in [-0.4, -0.2) is 35.9 Å². The van der Waals surface area contributed by atoms with Crippen molar-refractivity contribution in [3.05, 3.63) is 12.7 Å². The highest BCUT2D eigenvalue weighted by molar-refractivity contribution is 6.89. The highest BCUT2D eigenvalue weighted by Crippen LogP contribution is 1.68. The summed E-state index contributed by atoms with van der Waals surface area (Å²) in [6, 6.07) is 1.35. The molecule has 0 saturated carbocycles. The Kier molecular flexibility index (Phi) is 21.1. The van der Waals surface area contributed by atoms with Gasteiger partial charge in [0, 0.05) is 15.6 Å². The highest BCUT2D eigenvalue weighted by Gasteiger charge is 1.63. The molecule has 56 valence electrons. The van der Waals surface area contributed by atoms with E-state index >= 15 is 0 Å². The predicted octanol–water partition coefficient (Wildman–Crippen LogP) is -1.66. The maximum Gasteiger partial charge on any atom is 0.145 e. The maximum absolute atomic E-state index is 4.68. The zero-order valence-electron chi connectivity index (χ0n) is 6.81. The lowest BCUT2D eigenvalue weighted by atomic mass is 10.8. The molecule has 0 aromatic heterocycles. The van der Waals surface area contributed by atoms with Crippen molar-refractivity contribution in [1.29, 1.82) is 0 Å². The maximum atomic E-state index is 4.68. The minimum absolute atomic E-state index is 0.435. The van der Waals surface area contributed by atoms with Gasteiger partial charge in [-0.3, -0.25) is 0 Å². The number of allylic oxidation sites excluding steroid dienone is 1. The largest absolute Gasteiger partial charge is 0.428 e. The fourth-order valence-corrected chi connectivity index (χ4v) is 1.84. The Hall–Kier alpha value is 0.351. The molecule has 0 aliphatic carbocycles. The van der Waals surface area contributed by atoms with Crippen LogP contribution in [0, 0.1) is 0 Å². The molecule has 0 aromatic rings. The molecule has 0 spiro atoms. The summed E-state index contributed by atoms with van der Waals surface area (Å²) in [6.07, 6.45) is 2.03. The summed E-state index contributed by atoms with van der Waals surface area (Å²) in [4.78, 5) is 0. The van der Waals surface area contributed by atoms with Crippen molar-refractivity contribution in [3.63, 3.8) is 0 Å². The number of hydrogen-bond donors (Lipinski definition) is 0. The molecule has 0 fully saturated rings. The van der Waals surface area contributed by atoms with Crippen LogP contribution in [0.2, 0.25) is 6.04 Å². The molecule has 4 heteroatoms. The van der Waals surface area contributed by atoms with E-state index in [0.717, 1.165) is 17.1 Å². The van der Waals surface area contributed by atoms with E-state index < -0.39 is 0 Å². The molecule has 0 unspecified atom stereocenters. The van der Waals surface area contributed by atoms with Crippen LogP contribution >= 0.6 is 0 Å². The van der Waals surface area contributed by atoms with Crippen LogP contribution in [0.15, 0.2) is 12.7 Å². The van der Waals surface area contributed by atoms with E-state index in [1.54, 1.807) is 0 Å². The monoisotopic (exact) mass is 178 g/mol. The first-order valence-corrected chi connectivity index (χ1v) is 10.9. The molecule has 0 rings (SSSR count). The normalized spacial score (nSPS) is 9.44. The Bertz CT molecular complexity index is 47.5. The molecular formula is C5H18OSi3. The van der Waals surface area contributed by atoms with Crippen molar-refractivity contribution in [2.45, 2.75) is 13.0 Å². The fraction of sp³-hybridized carbons (Fsp3) is 0.600. The van der Waals surface area contributed by atoms with Crippen LogP contribution in [0.4, 0.5) is 0 Å². The number of hydrogen-bond acceptors (Lipinski definition) is 1. The van der Waals surface area contributed by atoms with Crippen molar-refractivity contribution >= 4 is 29.3 Å². The second kappa shape index (κ2) is 15.8. The van der Waals surface area contributed by atoms with Crippen LogP contribution in [0.3, 0.4) is 0 Å². The summed E-state index contributed by atoms with van der Waals surface area (Å²) >= 11 is 0. The standard InChI is InChI=1S/C3H10Si2.C2H8OSi/c1-2-3-5-4;1-2-3-4/h2H,1,3,5H2,4H3;2H2,1,4H3. The van der Waals surface area contributed by atoms with Gasteiger partial charge >= 0.3 is 0 Å². The Balaban J connectivity index is 0. The average molecular weight is 178 g/mol. The van der Waals surface area contributed by atoms with E-state index in [1.165, 1.54) is 15.8 Å². The van der Waals surface area contributed by atoms with Gasteiger partial charge in [0.1, 0.15) is 10.5 Å². The van der Waals surface area contributed by atoms with Crippen LogP contribution in [-0.2, 0) is 4.43 Å². The van der Waals surface area contributed by atoms with E-state index in [4.69, 9.17) is 0 Å². The van der Waals surface area contributed by atoms with Crippen molar-refractivity contribution in [2.75, 3.05) is 6.61 Å². The Morgan fingerprint density at radius 1 is 1.78 bits per heavy atom. The first-order valence-electron chi connectivity index (χ1n) is 3.43. The molecule has 9 heavy (non-hydrogen) atoms. The SMILES string of the molecule is C=CC[SiH2][SiH3].CCO[SiH3]. The predicted molar refractivity (Wildman–Crippen MR) is 55.1 cm³/mol. The Morgan fingerprint density at radius 3 is 2.22 bits per heavy atom. The lowest BCUT2D eigenvalue weighted by molar-refractivity contribution is 0.375. The van der Waals surface area contributed by atoms with E-state index in [2.05, 4.69) is 11.0 Å². The Labute approximate surface area is 66.5 Å². The average Bonchev–Trinajstić information content (AvgIpc) is 1.91. The summed E-state index contributed by atoms with van der Waals surface area (Å²) in [7, 11) is 2.79. The smallest absolute Gasteiger partial charge is 0.145 e. The molecule has 0 aliphatic heterocycles. The molecule has 0 heterocycles. The van der Waals surface area contributed by atoms with Crippen molar-refractivity contribution in [1.82, 2.24) is 0 Å². The van der Waals surface area contributed by atoms with Gasteiger partial charge < -0.3 is 4.43 Å². The van der Waals surface area contributed by atoms with E-state index in [9.17, 15) is 0 Å². The summed E-state index contributed by atoms with van der Waals surface area (Å²) in [6.45, 7) is 6.48. The lowest BCUT2D eigenvalue weighted by Crippen LogP contribution is -1.79. The zero-order valence-corrected chi connectivity index (χ0v) is 12.2. The second-order valence-corrected chi connectivity index (χ2v) is 6.81. The molecule has 0 bridgehead atoms. The highest BCUT2D eigenvalue weighted by atomic mass is 29.1. The van der Waals surface area contributed by atoms with E-state index in [0.29, 0.717) is 9.04 Å². The van der Waals surface area contributed by atoms with Crippen molar-refractivity contribution in [2.24, 2.45) is 0 Å². The van der Waals surface area contributed by atoms with Crippen molar-refractivity contribution in [3.8, 4) is 0 Å². The third-order valence-electron chi connectivity index (χ3n) is 0.781. The molecule has 0 atom stereocenters. The first-order chi connectivity index (χ1) is 4.33. The first kappa shape index (κ1) is 12.1. The van der Waals surface area contributed by atoms with Gasteiger partial charge in [-0.15, -0.1) is 6.58 Å². The van der Waals surface area contributed by atoms with Gasteiger partial charge in [0.05, 0.1) is 0 Å². The lowest BCUT2D eigenvalue weighted by Gasteiger charge is -1.77. The minimum atomic E-state index is 0.435. The van der Waals surface area contributed by atoms with Crippen molar-refractivity contribution < 1.29 is 4.43 Å². The van der Waals surface area contributed by atoms with E-state index in [1.807, 2.05) is 13.0 Å². The van der Waals surface area contributed by atoms with Gasteiger partial charge in [-0.1, -0.05) is 6.08 Å². The van der Waals surface area contributed by atoms with Gasteiger partial charge in [-0.25, -0.2) is 0 Å². The summed E-state index contributed by atoms with van der Waals surface area (Å²) in [5.41, 5.74) is 0. The second-order valence-electron chi connectivity index (χ2n) is 1.65. The molecule has 0 amide bonds. The molecule has 0 saturated heterocycles. The summed E-state index contributed by atoms with van der Waals surface area (Å²) < 4.78 is 4.68. The molecule has 0 aromatic carbocycles. The topological polar surface area (TPSA) is 9.23 Å². The Morgan fingerprint density at radius 2 is 2.22 bits per heavy atom. The molecule has 0 N–H and O–H groups in total. The molecule has 0 radical (unpaired) electrons. The molecule has 0 aliphatic rings. The van der Waals surface area contributed by atoms with Gasteiger partial charge in [0.25, 0.3) is 0 Å². The quantitative estimate of drug-likeness (QED) is 0.371. The number of rotatable bonds is 3. The van der Waals surface area contributed by atoms with Crippen LogP contribution in [0.25, 0.3) is 0 Å². The summed E-state index contributed by atoms with van der Waals surface area (Å²) in [5, 5.41) is 0. The fourth-order valence-electron chi connectivity index (χ4n) is 0.204. The van der Waals surface area contributed by atoms with Gasteiger partial charge in [0.2, 0.25) is 0 Å². The van der Waals surface area contributed by atoms with Crippen LogP contribution in [0.1, 0.15) is 6.92 Å². The molecular weight excluding hydrogens is 160 g/mol. The van der Waals surface area contributed by atoms with Crippen LogP contribution in [0.5, 0.6) is 0 Å². The van der Waals surface area contributed by atoms with Gasteiger partial charge in [-0.2, -0.15) is 0 Å². The molecule has 1 nitrogen and oxygen atoms in total. The third kappa shape index (κ3) is 30.0.